The van der Waals surface area contributed by atoms with Gasteiger partial charge in [0.1, 0.15) is 5.67 Å². The molecule has 1 saturated carbocycles. The van der Waals surface area contributed by atoms with Gasteiger partial charge < -0.3 is 5.73 Å². The van der Waals surface area contributed by atoms with Gasteiger partial charge in [-0.05, 0) is 32.6 Å². The highest BCUT2D eigenvalue weighted by Gasteiger charge is 2.31. The van der Waals surface area contributed by atoms with Gasteiger partial charge in [-0.25, -0.2) is 4.39 Å². The average Bonchev–Trinajstić information content (AvgIpc) is 1.97. The number of hydrogen-bond acceptors (Lipinski definition) is 1. The van der Waals surface area contributed by atoms with Crippen molar-refractivity contribution >= 4 is 0 Å². The Morgan fingerprint density at radius 2 is 2.00 bits per heavy atom. The Labute approximate surface area is 67.5 Å². The maximum atomic E-state index is 13.6. The first kappa shape index (κ1) is 8.72. The molecular formula is C9H16FN. The zero-order chi connectivity index (χ0) is 8.32. The molecule has 0 bridgehead atoms. The van der Waals surface area contributed by atoms with Crippen LogP contribution in [-0.2, 0) is 0 Å². The molecule has 64 valence electrons. The minimum absolute atomic E-state index is 0.226. The first-order valence-corrected chi connectivity index (χ1v) is 4.25. The predicted octanol–water partition coefficient (Wildman–Crippen LogP) is 2.17. The van der Waals surface area contributed by atoms with E-state index in [4.69, 9.17) is 5.73 Å². The Kier molecular flexibility index (Phi) is 2.66. The summed E-state index contributed by atoms with van der Waals surface area (Å²) in [6.45, 7) is 1.86. The Morgan fingerprint density at radius 1 is 1.45 bits per heavy atom. The molecule has 2 heteroatoms. The predicted molar refractivity (Wildman–Crippen MR) is 45.1 cm³/mol. The summed E-state index contributed by atoms with van der Waals surface area (Å²) in [4.78, 5) is 0. The number of alkyl halides is 1. The zero-order valence-electron chi connectivity index (χ0n) is 7.02. The standard InChI is InChI=1S/C9H16FN/c1-2-5-9(10)6-3-8(11)4-7-9/h2,5,8H,3-4,6-7,11H2,1H3. The molecule has 0 aromatic heterocycles. The average molecular weight is 157 g/mol. The molecule has 11 heavy (non-hydrogen) atoms. The van der Waals surface area contributed by atoms with Crippen molar-refractivity contribution in [1.29, 1.82) is 0 Å². The number of halogens is 1. The largest absolute Gasteiger partial charge is 0.328 e. The van der Waals surface area contributed by atoms with Crippen LogP contribution in [0.5, 0.6) is 0 Å². The van der Waals surface area contributed by atoms with Crippen molar-refractivity contribution in [2.24, 2.45) is 5.73 Å². The van der Waals surface area contributed by atoms with Crippen LogP contribution in [0.25, 0.3) is 0 Å². The van der Waals surface area contributed by atoms with Crippen molar-refractivity contribution in [2.45, 2.75) is 44.3 Å². The molecule has 1 aliphatic carbocycles. The summed E-state index contributed by atoms with van der Waals surface area (Å²) >= 11 is 0. The number of nitrogens with two attached hydrogens (primary N) is 1. The van der Waals surface area contributed by atoms with Gasteiger partial charge in [0.15, 0.2) is 0 Å². The SMILES string of the molecule is CC=CC1(F)CCC(N)CC1. The molecule has 0 amide bonds. The summed E-state index contributed by atoms with van der Waals surface area (Å²) in [5, 5.41) is 0. The summed E-state index contributed by atoms with van der Waals surface area (Å²) < 4.78 is 13.6. The van der Waals surface area contributed by atoms with Crippen molar-refractivity contribution < 1.29 is 4.39 Å². The molecule has 1 nitrogen and oxygen atoms in total. The van der Waals surface area contributed by atoms with E-state index in [2.05, 4.69) is 0 Å². The number of rotatable bonds is 1. The summed E-state index contributed by atoms with van der Waals surface area (Å²) in [5.41, 5.74) is 4.61. The van der Waals surface area contributed by atoms with Crippen LogP contribution in [0.1, 0.15) is 32.6 Å². The van der Waals surface area contributed by atoms with E-state index in [0.29, 0.717) is 12.8 Å². The third-order valence-corrected chi connectivity index (χ3v) is 2.33. The second-order valence-electron chi connectivity index (χ2n) is 3.37. The molecular weight excluding hydrogens is 141 g/mol. The molecule has 0 heterocycles. The van der Waals surface area contributed by atoms with E-state index in [1.807, 2.05) is 6.92 Å². The fourth-order valence-electron chi connectivity index (χ4n) is 1.59. The van der Waals surface area contributed by atoms with E-state index >= 15 is 0 Å². The monoisotopic (exact) mass is 157 g/mol. The molecule has 0 aliphatic heterocycles. The normalized spacial score (nSPS) is 39.7. The first-order chi connectivity index (χ1) is 5.16. The van der Waals surface area contributed by atoms with Gasteiger partial charge in [-0.2, -0.15) is 0 Å². The van der Waals surface area contributed by atoms with Gasteiger partial charge >= 0.3 is 0 Å². The molecule has 0 atom stereocenters. The van der Waals surface area contributed by atoms with Crippen LogP contribution in [0.15, 0.2) is 12.2 Å². The van der Waals surface area contributed by atoms with Crippen LogP contribution in [0.4, 0.5) is 4.39 Å². The molecule has 1 aliphatic rings. The second-order valence-corrected chi connectivity index (χ2v) is 3.37. The van der Waals surface area contributed by atoms with E-state index in [9.17, 15) is 4.39 Å². The molecule has 1 rings (SSSR count). The van der Waals surface area contributed by atoms with Gasteiger partial charge in [0.25, 0.3) is 0 Å². The summed E-state index contributed by atoms with van der Waals surface area (Å²) in [6, 6.07) is 0.226. The van der Waals surface area contributed by atoms with Crippen molar-refractivity contribution in [1.82, 2.24) is 0 Å². The van der Waals surface area contributed by atoms with E-state index < -0.39 is 5.67 Å². The summed E-state index contributed by atoms with van der Waals surface area (Å²) in [5.74, 6) is 0. The lowest BCUT2D eigenvalue weighted by atomic mass is 9.84. The van der Waals surface area contributed by atoms with Gasteiger partial charge in [0.05, 0.1) is 0 Å². The van der Waals surface area contributed by atoms with Gasteiger partial charge in [0.2, 0.25) is 0 Å². The summed E-state index contributed by atoms with van der Waals surface area (Å²) in [6.07, 6.45) is 6.29. The van der Waals surface area contributed by atoms with Crippen LogP contribution in [0.2, 0.25) is 0 Å². The first-order valence-electron chi connectivity index (χ1n) is 4.25. The molecule has 0 saturated heterocycles. The van der Waals surface area contributed by atoms with Crippen molar-refractivity contribution in [3.63, 3.8) is 0 Å². The van der Waals surface area contributed by atoms with Crippen LogP contribution in [-0.4, -0.2) is 11.7 Å². The lowest BCUT2D eigenvalue weighted by Gasteiger charge is -2.29. The molecule has 2 N–H and O–H groups in total. The molecule has 1 fully saturated rings. The second kappa shape index (κ2) is 3.35. The lowest BCUT2D eigenvalue weighted by Crippen LogP contribution is -2.34. The smallest absolute Gasteiger partial charge is 0.129 e. The zero-order valence-corrected chi connectivity index (χ0v) is 7.02. The van der Waals surface area contributed by atoms with E-state index in [1.165, 1.54) is 0 Å². The fraction of sp³-hybridized carbons (Fsp3) is 0.778. The number of hydrogen-bond donors (Lipinski definition) is 1. The third kappa shape index (κ3) is 2.29. The maximum absolute atomic E-state index is 13.6. The Hall–Kier alpha value is -0.370. The Morgan fingerprint density at radius 3 is 2.45 bits per heavy atom. The van der Waals surface area contributed by atoms with Crippen LogP contribution < -0.4 is 5.73 Å². The topological polar surface area (TPSA) is 26.0 Å². The minimum atomic E-state index is -1.05. The van der Waals surface area contributed by atoms with Crippen molar-refractivity contribution in [3.8, 4) is 0 Å². The van der Waals surface area contributed by atoms with Crippen molar-refractivity contribution in [3.05, 3.63) is 12.2 Å². The van der Waals surface area contributed by atoms with E-state index in [0.717, 1.165) is 12.8 Å². The van der Waals surface area contributed by atoms with Gasteiger partial charge in [-0.1, -0.05) is 12.2 Å². The summed E-state index contributed by atoms with van der Waals surface area (Å²) in [7, 11) is 0. The molecule has 0 aromatic rings. The van der Waals surface area contributed by atoms with Crippen LogP contribution in [0, 0.1) is 0 Å². The Balaban J connectivity index is 2.48. The maximum Gasteiger partial charge on any atom is 0.129 e. The molecule has 0 radical (unpaired) electrons. The minimum Gasteiger partial charge on any atom is -0.328 e. The van der Waals surface area contributed by atoms with Crippen LogP contribution in [0.3, 0.4) is 0 Å². The lowest BCUT2D eigenvalue weighted by molar-refractivity contribution is 0.153. The van der Waals surface area contributed by atoms with E-state index in [1.54, 1.807) is 12.2 Å². The highest BCUT2D eigenvalue weighted by Crippen LogP contribution is 2.32. The fourth-order valence-corrected chi connectivity index (χ4v) is 1.59. The van der Waals surface area contributed by atoms with Crippen molar-refractivity contribution in [2.75, 3.05) is 0 Å². The highest BCUT2D eigenvalue weighted by molar-refractivity contribution is 5.03. The van der Waals surface area contributed by atoms with Gasteiger partial charge in [0, 0.05) is 6.04 Å². The third-order valence-electron chi connectivity index (χ3n) is 2.33. The van der Waals surface area contributed by atoms with Gasteiger partial charge in [-0.15, -0.1) is 0 Å². The quantitative estimate of drug-likeness (QED) is 0.580. The molecule has 0 unspecified atom stereocenters. The van der Waals surface area contributed by atoms with Crippen LogP contribution >= 0.6 is 0 Å². The molecule has 0 spiro atoms. The highest BCUT2D eigenvalue weighted by atomic mass is 19.1. The van der Waals surface area contributed by atoms with Gasteiger partial charge in [-0.3, -0.25) is 0 Å². The molecule has 0 aromatic carbocycles. The van der Waals surface area contributed by atoms with E-state index in [-0.39, 0.29) is 6.04 Å². The Bertz CT molecular complexity index is 146. The number of allylic oxidation sites excluding steroid dienone is 2.